The smallest absolute Gasteiger partial charge is 0.122 e. The van der Waals surface area contributed by atoms with Gasteiger partial charge in [0.25, 0.3) is 0 Å². The minimum absolute atomic E-state index is 0.0833. The molecule has 2 rings (SSSR count). The number of anilines is 1. The third-order valence-electron chi connectivity index (χ3n) is 3.00. The van der Waals surface area contributed by atoms with E-state index in [1.165, 1.54) is 0 Å². The molecule has 1 saturated heterocycles. The Hall–Kier alpha value is -1.55. The highest BCUT2D eigenvalue weighted by Crippen LogP contribution is 2.26. The summed E-state index contributed by atoms with van der Waals surface area (Å²) in [6.07, 6.45) is 0.793. The van der Waals surface area contributed by atoms with Crippen LogP contribution in [-0.2, 0) is 0 Å². The van der Waals surface area contributed by atoms with Crippen LogP contribution in [0.15, 0.2) is 24.3 Å². The maximum Gasteiger partial charge on any atom is 0.122 e. The average Bonchev–Trinajstić information content (AvgIpc) is 2.59. The van der Waals surface area contributed by atoms with Crippen LogP contribution in [0, 0.1) is 5.41 Å². The fourth-order valence-electron chi connectivity index (χ4n) is 2.02. The number of nitrogens with two attached hydrogens (primary N) is 1. The summed E-state index contributed by atoms with van der Waals surface area (Å²) >= 11 is 0. The molecule has 0 radical (unpaired) electrons. The lowest BCUT2D eigenvalue weighted by Crippen LogP contribution is -2.29. The highest BCUT2D eigenvalue weighted by molar-refractivity contribution is 5.95. The molecular weight excluding hydrogens is 202 g/mol. The molecular formula is C12H17N3O. The molecule has 16 heavy (non-hydrogen) atoms. The van der Waals surface area contributed by atoms with Crippen LogP contribution >= 0.6 is 0 Å². The van der Waals surface area contributed by atoms with Crippen LogP contribution in [0.25, 0.3) is 0 Å². The maximum atomic E-state index is 9.87. The van der Waals surface area contributed by atoms with E-state index in [0.29, 0.717) is 6.54 Å². The van der Waals surface area contributed by atoms with Gasteiger partial charge in [-0.15, -0.1) is 0 Å². The summed E-state index contributed by atoms with van der Waals surface area (Å²) < 4.78 is 0. The summed E-state index contributed by atoms with van der Waals surface area (Å²) in [6.45, 7) is 3.38. The number of nitrogen functional groups attached to an aromatic ring is 1. The van der Waals surface area contributed by atoms with Gasteiger partial charge in [0.05, 0.1) is 5.60 Å². The Balaban J connectivity index is 2.14. The van der Waals surface area contributed by atoms with Gasteiger partial charge >= 0.3 is 0 Å². The molecule has 0 bridgehead atoms. The normalized spacial score (nSPS) is 24.8. The molecule has 1 aliphatic heterocycles. The zero-order valence-electron chi connectivity index (χ0n) is 9.40. The molecule has 4 nitrogen and oxygen atoms in total. The van der Waals surface area contributed by atoms with Gasteiger partial charge in [0.1, 0.15) is 5.84 Å². The molecule has 4 heteroatoms. The number of β-amino-alcohol motifs (C(OH)–C–C–N with tert-alkyl or cyclic N) is 1. The van der Waals surface area contributed by atoms with Crippen molar-refractivity contribution in [1.29, 1.82) is 5.41 Å². The Morgan fingerprint density at radius 3 is 2.50 bits per heavy atom. The predicted octanol–water partition coefficient (Wildman–Crippen LogP) is 0.932. The lowest BCUT2D eigenvalue weighted by molar-refractivity contribution is 0.0839. The molecule has 1 unspecified atom stereocenters. The topological polar surface area (TPSA) is 73.3 Å². The van der Waals surface area contributed by atoms with Crippen molar-refractivity contribution in [3.8, 4) is 0 Å². The van der Waals surface area contributed by atoms with Gasteiger partial charge in [-0.05, 0) is 37.6 Å². The van der Waals surface area contributed by atoms with Crippen LogP contribution in [-0.4, -0.2) is 29.6 Å². The third kappa shape index (κ3) is 2.17. The number of nitrogens with one attached hydrogen (secondary N) is 1. The van der Waals surface area contributed by atoms with Crippen molar-refractivity contribution in [2.24, 2.45) is 5.73 Å². The summed E-state index contributed by atoms with van der Waals surface area (Å²) in [4.78, 5) is 2.14. The van der Waals surface area contributed by atoms with Crippen molar-refractivity contribution >= 4 is 11.5 Å². The molecule has 1 atom stereocenters. The first-order valence-electron chi connectivity index (χ1n) is 5.40. The van der Waals surface area contributed by atoms with E-state index >= 15 is 0 Å². The van der Waals surface area contributed by atoms with Gasteiger partial charge in [0, 0.05) is 24.3 Å². The lowest BCUT2D eigenvalue weighted by Gasteiger charge is -2.20. The van der Waals surface area contributed by atoms with Gasteiger partial charge in [-0.2, -0.15) is 0 Å². The van der Waals surface area contributed by atoms with Crippen LogP contribution in [0.3, 0.4) is 0 Å². The number of hydrogen-bond donors (Lipinski definition) is 3. The number of aliphatic hydroxyl groups is 1. The van der Waals surface area contributed by atoms with Crippen molar-refractivity contribution in [3.05, 3.63) is 29.8 Å². The lowest BCUT2D eigenvalue weighted by atomic mass is 10.1. The molecule has 1 fully saturated rings. The van der Waals surface area contributed by atoms with Crippen LogP contribution in [0.5, 0.6) is 0 Å². The van der Waals surface area contributed by atoms with Crippen LogP contribution in [0.4, 0.5) is 5.69 Å². The van der Waals surface area contributed by atoms with E-state index in [2.05, 4.69) is 4.90 Å². The number of rotatable bonds is 2. The Morgan fingerprint density at radius 1 is 1.44 bits per heavy atom. The third-order valence-corrected chi connectivity index (χ3v) is 3.00. The van der Waals surface area contributed by atoms with Crippen LogP contribution in [0.1, 0.15) is 18.9 Å². The molecule has 0 spiro atoms. The Bertz CT molecular complexity index is 397. The van der Waals surface area contributed by atoms with E-state index < -0.39 is 5.60 Å². The molecule has 1 aromatic rings. The standard InChI is InChI=1S/C12H17N3O/c1-12(16)6-7-15(8-12)10-4-2-9(3-5-10)11(13)14/h2-5,16H,6-8H2,1H3,(H3,13,14). The predicted molar refractivity (Wildman–Crippen MR) is 64.9 cm³/mol. The van der Waals surface area contributed by atoms with Crippen molar-refractivity contribution in [2.75, 3.05) is 18.0 Å². The van der Waals surface area contributed by atoms with E-state index in [1.807, 2.05) is 31.2 Å². The zero-order valence-corrected chi connectivity index (χ0v) is 9.40. The van der Waals surface area contributed by atoms with Crippen LogP contribution < -0.4 is 10.6 Å². The highest BCUT2D eigenvalue weighted by Gasteiger charge is 2.31. The van der Waals surface area contributed by atoms with Gasteiger partial charge in [-0.1, -0.05) is 0 Å². The summed E-state index contributed by atoms with van der Waals surface area (Å²) in [5.41, 5.74) is 6.61. The second-order valence-corrected chi connectivity index (χ2v) is 4.63. The van der Waals surface area contributed by atoms with Gasteiger partial charge in [-0.25, -0.2) is 0 Å². The quantitative estimate of drug-likeness (QED) is 0.512. The van der Waals surface area contributed by atoms with Crippen molar-refractivity contribution in [2.45, 2.75) is 18.9 Å². The van der Waals surface area contributed by atoms with Gasteiger partial charge < -0.3 is 15.7 Å². The number of nitrogens with zero attached hydrogens (tertiary/aromatic N) is 1. The largest absolute Gasteiger partial charge is 0.388 e. The summed E-state index contributed by atoms with van der Waals surface area (Å²) in [5, 5.41) is 17.2. The van der Waals surface area contributed by atoms with E-state index in [-0.39, 0.29) is 5.84 Å². The molecule has 1 heterocycles. The minimum Gasteiger partial charge on any atom is -0.388 e. The van der Waals surface area contributed by atoms with Crippen molar-refractivity contribution in [1.82, 2.24) is 0 Å². The fraction of sp³-hybridized carbons (Fsp3) is 0.417. The monoisotopic (exact) mass is 219 g/mol. The number of benzene rings is 1. The molecule has 86 valence electrons. The summed E-state index contributed by atoms with van der Waals surface area (Å²) in [6, 6.07) is 7.56. The maximum absolute atomic E-state index is 9.87. The highest BCUT2D eigenvalue weighted by atomic mass is 16.3. The Kier molecular flexibility index (Phi) is 2.59. The average molecular weight is 219 g/mol. The SMILES string of the molecule is CC1(O)CCN(c2ccc(C(=N)N)cc2)C1. The zero-order chi connectivity index (χ0) is 11.8. The summed E-state index contributed by atoms with van der Waals surface area (Å²) in [5.74, 6) is 0.0833. The second-order valence-electron chi connectivity index (χ2n) is 4.63. The van der Waals surface area contributed by atoms with Crippen molar-refractivity contribution < 1.29 is 5.11 Å². The van der Waals surface area contributed by atoms with Gasteiger partial charge in [-0.3, -0.25) is 5.41 Å². The molecule has 0 saturated carbocycles. The first-order valence-corrected chi connectivity index (χ1v) is 5.40. The fourth-order valence-corrected chi connectivity index (χ4v) is 2.02. The molecule has 1 aromatic carbocycles. The minimum atomic E-state index is -0.584. The van der Waals surface area contributed by atoms with Gasteiger partial charge in [0.2, 0.25) is 0 Å². The van der Waals surface area contributed by atoms with Gasteiger partial charge in [0.15, 0.2) is 0 Å². The first-order chi connectivity index (χ1) is 7.48. The number of hydrogen-bond acceptors (Lipinski definition) is 3. The molecule has 1 aliphatic rings. The van der Waals surface area contributed by atoms with E-state index in [1.54, 1.807) is 0 Å². The van der Waals surface area contributed by atoms with E-state index in [9.17, 15) is 5.11 Å². The van der Waals surface area contributed by atoms with E-state index in [4.69, 9.17) is 11.1 Å². The first kappa shape index (κ1) is 11.0. The van der Waals surface area contributed by atoms with Crippen LogP contribution in [0.2, 0.25) is 0 Å². The summed E-state index contributed by atoms with van der Waals surface area (Å²) in [7, 11) is 0. The molecule has 4 N–H and O–H groups in total. The second kappa shape index (κ2) is 3.79. The molecule has 0 amide bonds. The van der Waals surface area contributed by atoms with Crippen molar-refractivity contribution in [3.63, 3.8) is 0 Å². The molecule has 0 aromatic heterocycles. The van der Waals surface area contributed by atoms with E-state index in [0.717, 1.165) is 24.2 Å². The molecule has 0 aliphatic carbocycles. The Labute approximate surface area is 95.2 Å². The Morgan fingerprint density at radius 2 is 2.06 bits per heavy atom. The number of amidine groups is 1.